The van der Waals surface area contributed by atoms with E-state index in [9.17, 15) is 9.59 Å². The lowest BCUT2D eigenvalue weighted by molar-refractivity contribution is -0.132. The molecule has 6 nitrogen and oxygen atoms in total. The lowest BCUT2D eigenvalue weighted by Crippen LogP contribution is -2.49. The van der Waals surface area contributed by atoms with Crippen molar-refractivity contribution in [2.45, 2.75) is 46.6 Å². The number of aromatic nitrogens is 1. The third kappa shape index (κ3) is 4.04. The van der Waals surface area contributed by atoms with Gasteiger partial charge in [0.2, 0.25) is 5.91 Å². The molecule has 0 spiro atoms. The molecule has 0 N–H and O–H groups in total. The third-order valence-corrected chi connectivity index (χ3v) is 5.80. The standard InChI is InChI=1S/C21H27N3O3S/c1-6-7-10-23(5)19(25)12-24-17-11-16(20-14(3)28-15(4)22-20)8-9-18(17)27-13(2)21(24)26/h8-9,11,13H,6-7,10,12H2,1-5H3. The Morgan fingerprint density at radius 1 is 1.36 bits per heavy atom. The van der Waals surface area contributed by atoms with E-state index in [0.717, 1.165) is 34.0 Å². The Labute approximate surface area is 170 Å². The summed E-state index contributed by atoms with van der Waals surface area (Å²) in [4.78, 5) is 34.4. The van der Waals surface area contributed by atoms with Crippen LogP contribution in [0.5, 0.6) is 5.75 Å². The second-order valence-electron chi connectivity index (χ2n) is 7.17. The highest BCUT2D eigenvalue weighted by molar-refractivity contribution is 7.11. The van der Waals surface area contributed by atoms with Gasteiger partial charge in [0.1, 0.15) is 12.3 Å². The molecule has 1 aliphatic rings. The fourth-order valence-corrected chi connectivity index (χ4v) is 4.13. The lowest BCUT2D eigenvalue weighted by atomic mass is 10.1. The zero-order valence-corrected chi connectivity index (χ0v) is 17.9. The fraction of sp³-hybridized carbons (Fsp3) is 0.476. The van der Waals surface area contributed by atoms with Gasteiger partial charge in [-0.15, -0.1) is 11.3 Å². The zero-order valence-electron chi connectivity index (χ0n) is 17.1. The van der Waals surface area contributed by atoms with Gasteiger partial charge in [-0.3, -0.25) is 14.5 Å². The van der Waals surface area contributed by atoms with Crippen molar-refractivity contribution >= 4 is 28.8 Å². The van der Waals surface area contributed by atoms with E-state index in [1.54, 1.807) is 35.1 Å². The van der Waals surface area contributed by atoms with Gasteiger partial charge in [0.05, 0.1) is 16.4 Å². The lowest BCUT2D eigenvalue weighted by Gasteiger charge is -2.33. The first kappa shape index (κ1) is 20.3. The van der Waals surface area contributed by atoms with Gasteiger partial charge in [-0.2, -0.15) is 0 Å². The normalized spacial score (nSPS) is 16.0. The number of unbranched alkanes of at least 4 members (excludes halogenated alkanes) is 1. The van der Waals surface area contributed by atoms with Crippen LogP contribution in [0, 0.1) is 13.8 Å². The molecule has 0 radical (unpaired) electrons. The van der Waals surface area contributed by atoms with Crippen molar-refractivity contribution in [3.8, 4) is 17.0 Å². The number of ether oxygens (including phenoxy) is 1. The van der Waals surface area contributed by atoms with Crippen molar-refractivity contribution in [3.63, 3.8) is 0 Å². The van der Waals surface area contributed by atoms with Gasteiger partial charge in [0, 0.05) is 24.0 Å². The molecule has 150 valence electrons. The number of carbonyl (C=O) groups is 2. The Morgan fingerprint density at radius 3 is 2.75 bits per heavy atom. The first-order valence-electron chi connectivity index (χ1n) is 9.62. The van der Waals surface area contributed by atoms with E-state index in [1.807, 2.05) is 32.0 Å². The molecule has 2 aromatic rings. The van der Waals surface area contributed by atoms with Gasteiger partial charge in [0.15, 0.2) is 6.10 Å². The molecule has 0 saturated heterocycles. The summed E-state index contributed by atoms with van der Waals surface area (Å²) in [6.45, 7) is 8.51. The van der Waals surface area contributed by atoms with Gasteiger partial charge in [-0.25, -0.2) is 4.98 Å². The van der Waals surface area contributed by atoms with Crippen LogP contribution < -0.4 is 9.64 Å². The number of hydrogen-bond acceptors (Lipinski definition) is 5. The van der Waals surface area contributed by atoms with Crippen LogP contribution in [0.1, 0.15) is 36.6 Å². The average molecular weight is 402 g/mol. The van der Waals surface area contributed by atoms with Crippen LogP contribution >= 0.6 is 11.3 Å². The fourth-order valence-electron chi connectivity index (χ4n) is 3.29. The van der Waals surface area contributed by atoms with Crippen LogP contribution in [0.15, 0.2) is 18.2 Å². The number of anilines is 1. The van der Waals surface area contributed by atoms with E-state index < -0.39 is 6.10 Å². The summed E-state index contributed by atoms with van der Waals surface area (Å²) in [6.07, 6.45) is 1.35. The quantitative estimate of drug-likeness (QED) is 0.739. The van der Waals surface area contributed by atoms with Crippen molar-refractivity contribution in [2.75, 3.05) is 25.0 Å². The molecule has 28 heavy (non-hydrogen) atoms. The van der Waals surface area contributed by atoms with E-state index in [0.29, 0.717) is 18.0 Å². The summed E-state index contributed by atoms with van der Waals surface area (Å²) in [5.41, 5.74) is 2.45. The van der Waals surface area contributed by atoms with E-state index in [4.69, 9.17) is 4.74 Å². The molecule has 1 aromatic heterocycles. The predicted octanol–water partition coefficient (Wildman–Crippen LogP) is 3.80. The summed E-state index contributed by atoms with van der Waals surface area (Å²) in [5.74, 6) is 0.338. The van der Waals surface area contributed by atoms with Crippen molar-refractivity contribution in [3.05, 3.63) is 28.1 Å². The van der Waals surface area contributed by atoms with E-state index in [1.165, 1.54) is 0 Å². The first-order valence-corrected chi connectivity index (χ1v) is 10.4. The first-order chi connectivity index (χ1) is 13.3. The number of rotatable bonds is 6. The summed E-state index contributed by atoms with van der Waals surface area (Å²) in [6, 6.07) is 5.72. The molecule has 1 atom stereocenters. The molecule has 0 bridgehead atoms. The van der Waals surface area contributed by atoms with Gasteiger partial charge in [-0.05, 0) is 45.4 Å². The largest absolute Gasteiger partial charge is 0.479 e. The van der Waals surface area contributed by atoms with Crippen LogP contribution in [0.2, 0.25) is 0 Å². The Bertz CT molecular complexity index is 893. The van der Waals surface area contributed by atoms with Crippen molar-refractivity contribution in [1.29, 1.82) is 0 Å². The number of nitrogens with zero attached hydrogens (tertiary/aromatic N) is 3. The molecule has 0 fully saturated rings. The minimum absolute atomic E-state index is 0.0122. The summed E-state index contributed by atoms with van der Waals surface area (Å²) < 4.78 is 5.77. The third-order valence-electron chi connectivity index (χ3n) is 4.91. The molecular weight excluding hydrogens is 374 g/mol. The van der Waals surface area contributed by atoms with Crippen LogP contribution in [0.25, 0.3) is 11.3 Å². The molecule has 2 amide bonds. The molecular formula is C21H27N3O3S. The van der Waals surface area contributed by atoms with Crippen LogP contribution in [0.3, 0.4) is 0 Å². The highest BCUT2D eigenvalue weighted by Crippen LogP contribution is 2.38. The van der Waals surface area contributed by atoms with Gasteiger partial charge >= 0.3 is 0 Å². The number of benzene rings is 1. The Balaban J connectivity index is 1.93. The molecule has 1 aromatic carbocycles. The van der Waals surface area contributed by atoms with Crippen LogP contribution in [-0.4, -0.2) is 47.9 Å². The predicted molar refractivity (Wildman–Crippen MR) is 112 cm³/mol. The number of carbonyl (C=O) groups excluding carboxylic acids is 2. The molecule has 0 saturated carbocycles. The molecule has 1 unspecified atom stereocenters. The maximum atomic E-state index is 12.8. The maximum Gasteiger partial charge on any atom is 0.268 e. The van der Waals surface area contributed by atoms with E-state index in [2.05, 4.69) is 11.9 Å². The summed E-state index contributed by atoms with van der Waals surface area (Å²) in [7, 11) is 1.78. The molecule has 2 heterocycles. The molecule has 0 aliphatic carbocycles. The van der Waals surface area contributed by atoms with Crippen LogP contribution in [0.4, 0.5) is 5.69 Å². The smallest absolute Gasteiger partial charge is 0.268 e. The van der Waals surface area contributed by atoms with Crippen molar-refractivity contribution in [2.24, 2.45) is 0 Å². The summed E-state index contributed by atoms with van der Waals surface area (Å²) >= 11 is 1.64. The molecule has 1 aliphatic heterocycles. The Morgan fingerprint density at radius 2 is 2.11 bits per heavy atom. The Kier molecular flexibility index (Phi) is 6.03. The SMILES string of the molecule is CCCCN(C)C(=O)CN1C(=O)C(C)Oc2ccc(-c3nc(C)sc3C)cc21. The molecule has 3 rings (SSSR count). The number of aryl methyl sites for hydroxylation is 2. The van der Waals surface area contributed by atoms with E-state index in [-0.39, 0.29) is 18.4 Å². The highest BCUT2D eigenvalue weighted by atomic mass is 32.1. The second kappa shape index (κ2) is 8.31. The zero-order chi connectivity index (χ0) is 20.4. The second-order valence-corrected chi connectivity index (χ2v) is 8.58. The molecule has 7 heteroatoms. The topological polar surface area (TPSA) is 62.7 Å². The van der Waals surface area contributed by atoms with Gasteiger partial charge in [-0.1, -0.05) is 13.3 Å². The monoisotopic (exact) mass is 401 g/mol. The number of thiazole rings is 1. The maximum absolute atomic E-state index is 12.8. The average Bonchev–Trinajstić information content (AvgIpc) is 3.01. The van der Waals surface area contributed by atoms with Gasteiger partial charge < -0.3 is 9.64 Å². The summed E-state index contributed by atoms with van der Waals surface area (Å²) in [5, 5.41) is 0.996. The van der Waals surface area contributed by atoms with Crippen molar-refractivity contribution < 1.29 is 14.3 Å². The number of fused-ring (bicyclic) bond motifs is 1. The Hall–Kier alpha value is -2.41. The number of amides is 2. The van der Waals surface area contributed by atoms with E-state index >= 15 is 0 Å². The minimum Gasteiger partial charge on any atom is -0.479 e. The van der Waals surface area contributed by atoms with Crippen molar-refractivity contribution in [1.82, 2.24) is 9.88 Å². The van der Waals surface area contributed by atoms with Crippen LogP contribution in [-0.2, 0) is 9.59 Å². The highest BCUT2D eigenvalue weighted by Gasteiger charge is 2.33. The number of likely N-dealkylation sites (N-methyl/N-ethyl adjacent to an activating group) is 1. The van der Waals surface area contributed by atoms with Gasteiger partial charge in [0.25, 0.3) is 5.91 Å². The minimum atomic E-state index is -0.615. The number of hydrogen-bond donors (Lipinski definition) is 0.